The Hall–Kier alpha value is -2.56. The Morgan fingerprint density at radius 2 is 2.00 bits per heavy atom. The SMILES string of the molecule is CCOC(=O)c1c(C)nn2c1ccc1ccc(OC)cc12. The van der Waals surface area contributed by atoms with Crippen molar-refractivity contribution in [2.75, 3.05) is 13.7 Å². The van der Waals surface area contributed by atoms with Crippen LogP contribution in [0.3, 0.4) is 0 Å². The number of hydrogen-bond acceptors (Lipinski definition) is 4. The fraction of sp³-hybridized carbons (Fsp3) is 0.250. The van der Waals surface area contributed by atoms with Gasteiger partial charge in [-0.05, 0) is 32.0 Å². The molecule has 2 aromatic heterocycles. The zero-order valence-corrected chi connectivity index (χ0v) is 12.2. The van der Waals surface area contributed by atoms with Crippen molar-refractivity contribution < 1.29 is 14.3 Å². The maximum Gasteiger partial charge on any atom is 0.342 e. The topological polar surface area (TPSA) is 52.8 Å². The molecule has 0 N–H and O–H groups in total. The van der Waals surface area contributed by atoms with Crippen LogP contribution in [0.1, 0.15) is 23.0 Å². The fourth-order valence-electron chi connectivity index (χ4n) is 2.48. The number of rotatable bonds is 3. The Morgan fingerprint density at radius 3 is 2.71 bits per heavy atom. The molecule has 0 aliphatic carbocycles. The minimum atomic E-state index is -0.341. The molecular weight excluding hydrogens is 268 g/mol. The average Bonchev–Trinajstić information content (AvgIpc) is 2.83. The number of carbonyl (C=O) groups excluding carboxylic acids is 1. The summed E-state index contributed by atoms with van der Waals surface area (Å²) in [4.78, 5) is 12.1. The van der Waals surface area contributed by atoms with Gasteiger partial charge in [-0.1, -0.05) is 6.07 Å². The maximum absolute atomic E-state index is 12.1. The summed E-state index contributed by atoms with van der Waals surface area (Å²) in [6, 6.07) is 9.63. The molecule has 0 atom stereocenters. The zero-order valence-electron chi connectivity index (χ0n) is 12.2. The summed E-state index contributed by atoms with van der Waals surface area (Å²) in [6.07, 6.45) is 0. The third-order valence-electron chi connectivity index (χ3n) is 3.46. The van der Waals surface area contributed by atoms with Crippen molar-refractivity contribution in [2.24, 2.45) is 0 Å². The number of esters is 1. The van der Waals surface area contributed by atoms with E-state index in [-0.39, 0.29) is 5.97 Å². The molecule has 2 heterocycles. The molecule has 3 aromatic rings. The molecule has 0 bridgehead atoms. The van der Waals surface area contributed by atoms with E-state index in [9.17, 15) is 4.79 Å². The van der Waals surface area contributed by atoms with E-state index in [1.165, 1.54) is 0 Å². The van der Waals surface area contributed by atoms with Gasteiger partial charge in [-0.15, -0.1) is 0 Å². The second-order valence-electron chi connectivity index (χ2n) is 4.74. The molecule has 3 rings (SSSR count). The first-order valence-corrected chi connectivity index (χ1v) is 6.79. The molecule has 0 saturated carbocycles. The monoisotopic (exact) mass is 284 g/mol. The van der Waals surface area contributed by atoms with Crippen molar-refractivity contribution in [3.05, 3.63) is 41.6 Å². The molecule has 0 spiro atoms. The van der Waals surface area contributed by atoms with E-state index >= 15 is 0 Å². The van der Waals surface area contributed by atoms with Crippen LogP contribution in [0.4, 0.5) is 0 Å². The van der Waals surface area contributed by atoms with Gasteiger partial charge in [0, 0.05) is 11.5 Å². The van der Waals surface area contributed by atoms with Crippen molar-refractivity contribution in [3.8, 4) is 5.75 Å². The quantitative estimate of drug-likeness (QED) is 0.694. The van der Waals surface area contributed by atoms with Crippen LogP contribution in [0.25, 0.3) is 16.4 Å². The molecular formula is C16H16N2O3. The summed E-state index contributed by atoms with van der Waals surface area (Å²) >= 11 is 0. The van der Waals surface area contributed by atoms with Crippen LogP contribution >= 0.6 is 0 Å². The van der Waals surface area contributed by atoms with Gasteiger partial charge < -0.3 is 9.47 Å². The Morgan fingerprint density at radius 1 is 1.24 bits per heavy atom. The van der Waals surface area contributed by atoms with E-state index in [2.05, 4.69) is 5.10 Å². The van der Waals surface area contributed by atoms with Crippen molar-refractivity contribution >= 4 is 22.4 Å². The van der Waals surface area contributed by atoms with Gasteiger partial charge >= 0.3 is 5.97 Å². The highest BCUT2D eigenvalue weighted by Gasteiger charge is 2.19. The Bertz CT molecular complexity index is 836. The standard InChI is InChI=1S/C16H16N2O3/c1-4-21-16(19)15-10(2)17-18-13(15)8-6-11-5-7-12(20-3)9-14(11)18/h5-9H,4H2,1-3H3. The Balaban J connectivity index is 2.31. The van der Waals surface area contributed by atoms with Gasteiger partial charge in [0.25, 0.3) is 0 Å². The molecule has 5 heteroatoms. The van der Waals surface area contributed by atoms with Gasteiger partial charge in [-0.2, -0.15) is 5.10 Å². The molecule has 0 aliphatic heterocycles. The minimum absolute atomic E-state index is 0.341. The zero-order chi connectivity index (χ0) is 15.0. The van der Waals surface area contributed by atoms with Crippen LogP contribution in [0.15, 0.2) is 30.3 Å². The number of pyridine rings is 1. The molecule has 21 heavy (non-hydrogen) atoms. The van der Waals surface area contributed by atoms with Crippen molar-refractivity contribution in [1.82, 2.24) is 9.61 Å². The van der Waals surface area contributed by atoms with Gasteiger partial charge in [-0.25, -0.2) is 9.31 Å². The molecule has 0 aliphatic rings. The molecule has 0 saturated heterocycles. The van der Waals surface area contributed by atoms with E-state index in [0.717, 1.165) is 22.2 Å². The summed E-state index contributed by atoms with van der Waals surface area (Å²) in [5.74, 6) is 0.410. The highest BCUT2D eigenvalue weighted by Crippen LogP contribution is 2.25. The maximum atomic E-state index is 12.1. The van der Waals surface area contributed by atoms with E-state index in [4.69, 9.17) is 9.47 Å². The molecule has 0 radical (unpaired) electrons. The van der Waals surface area contributed by atoms with Crippen LogP contribution in [0, 0.1) is 6.92 Å². The van der Waals surface area contributed by atoms with Gasteiger partial charge in [0.1, 0.15) is 11.3 Å². The lowest BCUT2D eigenvalue weighted by atomic mass is 10.1. The van der Waals surface area contributed by atoms with Gasteiger partial charge in [0.2, 0.25) is 0 Å². The number of methoxy groups -OCH3 is 1. The number of hydrogen-bond donors (Lipinski definition) is 0. The lowest BCUT2D eigenvalue weighted by molar-refractivity contribution is 0.0528. The van der Waals surface area contributed by atoms with Crippen molar-refractivity contribution in [1.29, 1.82) is 0 Å². The van der Waals surface area contributed by atoms with Gasteiger partial charge in [-0.3, -0.25) is 0 Å². The van der Waals surface area contributed by atoms with E-state index in [1.807, 2.05) is 37.3 Å². The summed E-state index contributed by atoms with van der Waals surface area (Å²) in [6.45, 7) is 3.95. The first-order chi connectivity index (χ1) is 10.2. The van der Waals surface area contributed by atoms with Crippen molar-refractivity contribution in [3.63, 3.8) is 0 Å². The molecule has 0 fully saturated rings. The van der Waals surface area contributed by atoms with Crippen molar-refractivity contribution in [2.45, 2.75) is 13.8 Å². The number of carbonyl (C=O) groups is 1. The smallest absolute Gasteiger partial charge is 0.342 e. The fourth-order valence-corrected chi connectivity index (χ4v) is 2.48. The predicted molar refractivity (Wildman–Crippen MR) is 79.9 cm³/mol. The van der Waals surface area contributed by atoms with Gasteiger partial charge in [0.15, 0.2) is 0 Å². The summed E-state index contributed by atoms with van der Waals surface area (Å²) < 4.78 is 12.1. The normalized spacial score (nSPS) is 11.0. The van der Waals surface area contributed by atoms with Crippen LogP contribution < -0.4 is 4.74 Å². The van der Waals surface area contributed by atoms with Gasteiger partial charge in [0.05, 0.1) is 30.4 Å². The van der Waals surface area contributed by atoms with E-state index in [1.54, 1.807) is 18.5 Å². The Labute approximate surface area is 122 Å². The second-order valence-corrected chi connectivity index (χ2v) is 4.74. The van der Waals surface area contributed by atoms with Crippen LogP contribution in [-0.4, -0.2) is 29.3 Å². The summed E-state index contributed by atoms with van der Waals surface area (Å²) in [5, 5.41) is 5.51. The lowest BCUT2D eigenvalue weighted by Crippen LogP contribution is -2.05. The number of benzene rings is 1. The number of aromatic nitrogens is 2. The predicted octanol–water partition coefficient (Wildman–Crippen LogP) is 2.98. The van der Waals surface area contributed by atoms with E-state index < -0.39 is 0 Å². The van der Waals surface area contributed by atoms with Crippen LogP contribution in [-0.2, 0) is 4.74 Å². The summed E-state index contributed by atoms with van der Waals surface area (Å²) in [7, 11) is 1.62. The number of aryl methyl sites for hydroxylation is 1. The summed E-state index contributed by atoms with van der Waals surface area (Å²) in [5.41, 5.74) is 2.81. The highest BCUT2D eigenvalue weighted by molar-refractivity contribution is 6.00. The number of nitrogens with zero attached hydrogens (tertiary/aromatic N) is 2. The van der Waals surface area contributed by atoms with E-state index in [0.29, 0.717) is 17.9 Å². The average molecular weight is 284 g/mol. The number of fused-ring (bicyclic) bond motifs is 3. The highest BCUT2D eigenvalue weighted by atomic mass is 16.5. The third-order valence-corrected chi connectivity index (χ3v) is 3.46. The minimum Gasteiger partial charge on any atom is -0.497 e. The lowest BCUT2D eigenvalue weighted by Gasteiger charge is -2.05. The molecule has 5 nitrogen and oxygen atoms in total. The van der Waals surface area contributed by atoms with Crippen LogP contribution in [0.2, 0.25) is 0 Å². The molecule has 0 amide bonds. The second kappa shape index (κ2) is 5.09. The number of ether oxygens (including phenoxy) is 2. The van der Waals surface area contributed by atoms with Crippen LogP contribution in [0.5, 0.6) is 5.75 Å². The molecule has 0 unspecified atom stereocenters. The Kier molecular flexibility index (Phi) is 3.25. The third kappa shape index (κ3) is 2.11. The molecule has 108 valence electrons. The first kappa shape index (κ1) is 13.4. The molecule has 1 aromatic carbocycles. The first-order valence-electron chi connectivity index (χ1n) is 6.79. The largest absolute Gasteiger partial charge is 0.497 e.